The van der Waals surface area contributed by atoms with Gasteiger partial charge in [-0.15, -0.1) is 0 Å². The molecule has 2 amide bonds. The van der Waals surface area contributed by atoms with E-state index >= 15 is 0 Å². The molecule has 0 bridgehead atoms. The number of amides is 2. The molecule has 0 aromatic carbocycles. The maximum atomic E-state index is 11.2. The highest BCUT2D eigenvalue weighted by atomic mass is 16.5. The van der Waals surface area contributed by atoms with Crippen molar-refractivity contribution < 1.29 is 24.2 Å². The Morgan fingerprint density at radius 1 is 1.35 bits per heavy atom. The summed E-state index contributed by atoms with van der Waals surface area (Å²) >= 11 is 0. The zero-order chi connectivity index (χ0) is 13.4. The summed E-state index contributed by atoms with van der Waals surface area (Å²) in [6.07, 6.45) is -0.973. The van der Waals surface area contributed by atoms with Gasteiger partial charge >= 0.3 is 12.1 Å². The number of aliphatic carboxylic acids is 1. The van der Waals surface area contributed by atoms with E-state index in [1.165, 1.54) is 0 Å². The topological polar surface area (TPSA) is 119 Å². The molecule has 7 heteroatoms. The number of alkyl carbamates (subject to hydrolysis) is 1. The third-order valence-electron chi connectivity index (χ3n) is 1.82. The molecule has 0 saturated carbocycles. The molecule has 1 atom stereocenters. The first kappa shape index (κ1) is 15.2. The SMILES string of the molecule is CC(C)COC(=O)NC(CCC(N)=O)C(=O)O. The summed E-state index contributed by atoms with van der Waals surface area (Å²) in [5.74, 6) is -1.68. The first-order chi connectivity index (χ1) is 7.82. The van der Waals surface area contributed by atoms with Crippen LogP contribution in [0.25, 0.3) is 0 Å². The number of carboxylic acids is 1. The standard InChI is InChI=1S/C10H18N2O5/c1-6(2)5-17-10(16)12-7(9(14)15)3-4-8(11)13/h6-7H,3-5H2,1-2H3,(H2,11,13)(H,12,16)(H,14,15). The average molecular weight is 246 g/mol. The van der Waals surface area contributed by atoms with Crippen LogP contribution in [0.1, 0.15) is 26.7 Å². The van der Waals surface area contributed by atoms with Crippen LogP contribution in [0.4, 0.5) is 4.79 Å². The Kier molecular flexibility index (Phi) is 6.69. The number of primary amides is 1. The Bertz CT molecular complexity index is 290. The van der Waals surface area contributed by atoms with Gasteiger partial charge in [-0.2, -0.15) is 0 Å². The molecule has 0 aliphatic carbocycles. The summed E-state index contributed by atoms with van der Waals surface area (Å²) in [5.41, 5.74) is 4.89. The lowest BCUT2D eigenvalue weighted by atomic mass is 10.1. The smallest absolute Gasteiger partial charge is 0.407 e. The number of hydrogen-bond acceptors (Lipinski definition) is 4. The van der Waals surface area contributed by atoms with Crippen molar-refractivity contribution >= 4 is 18.0 Å². The quantitative estimate of drug-likeness (QED) is 0.588. The Morgan fingerprint density at radius 2 is 1.94 bits per heavy atom. The summed E-state index contributed by atoms with van der Waals surface area (Å²) in [6.45, 7) is 3.91. The number of carbonyl (C=O) groups is 3. The third kappa shape index (κ3) is 8.06. The number of carboxylic acid groups (broad SMARTS) is 1. The molecule has 0 aliphatic rings. The van der Waals surface area contributed by atoms with Crippen LogP contribution >= 0.6 is 0 Å². The minimum absolute atomic E-state index is 0.0541. The van der Waals surface area contributed by atoms with Crippen molar-refractivity contribution in [2.24, 2.45) is 11.7 Å². The largest absolute Gasteiger partial charge is 0.480 e. The van der Waals surface area contributed by atoms with E-state index in [-0.39, 0.29) is 25.4 Å². The van der Waals surface area contributed by atoms with E-state index < -0.39 is 24.0 Å². The maximum absolute atomic E-state index is 11.2. The van der Waals surface area contributed by atoms with E-state index in [4.69, 9.17) is 15.6 Å². The van der Waals surface area contributed by atoms with E-state index in [9.17, 15) is 14.4 Å². The van der Waals surface area contributed by atoms with Gasteiger partial charge in [0.15, 0.2) is 0 Å². The minimum atomic E-state index is -1.23. The number of nitrogens with one attached hydrogen (secondary N) is 1. The van der Waals surface area contributed by atoms with Crippen LogP contribution < -0.4 is 11.1 Å². The molecule has 0 radical (unpaired) electrons. The van der Waals surface area contributed by atoms with Gasteiger partial charge in [-0.1, -0.05) is 13.8 Å². The van der Waals surface area contributed by atoms with Crippen LogP contribution in [-0.2, 0) is 14.3 Å². The lowest BCUT2D eigenvalue weighted by Crippen LogP contribution is -2.42. The molecule has 0 saturated heterocycles. The molecule has 0 rings (SSSR count). The van der Waals surface area contributed by atoms with Crippen molar-refractivity contribution in [1.29, 1.82) is 0 Å². The fraction of sp³-hybridized carbons (Fsp3) is 0.700. The fourth-order valence-electron chi connectivity index (χ4n) is 0.970. The van der Waals surface area contributed by atoms with Gasteiger partial charge in [-0.05, 0) is 12.3 Å². The summed E-state index contributed by atoms with van der Waals surface area (Å²) in [5, 5.41) is 10.9. The van der Waals surface area contributed by atoms with E-state index in [0.717, 1.165) is 0 Å². The van der Waals surface area contributed by atoms with Crippen LogP contribution in [0.15, 0.2) is 0 Å². The van der Waals surface area contributed by atoms with Crippen LogP contribution in [-0.4, -0.2) is 35.7 Å². The number of ether oxygens (including phenoxy) is 1. The second kappa shape index (κ2) is 7.48. The molecule has 7 nitrogen and oxygen atoms in total. The van der Waals surface area contributed by atoms with E-state index in [0.29, 0.717) is 0 Å². The van der Waals surface area contributed by atoms with Crippen molar-refractivity contribution in [3.8, 4) is 0 Å². The maximum Gasteiger partial charge on any atom is 0.407 e. The molecule has 98 valence electrons. The van der Waals surface area contributed by atoms with Crippen molar-refractivity contribution in [2.75, 3.05) is 6.61 Å². The number of carbonyl (C=O) groups excluding carboxylic acids is 2. The molecule has 4 N–H and O–H groups in total. The van der Waals surface area contributed by atoms with E-state index in [1.54, 1.807) is 0 Å². The van der Waals surface area contributed by atoms with Gasteiger partial charge in [0, 0.05) is 6.42 Å². The molecular weight excluding hydrogens is 228 g/mol. The second-order valence-electron chi connectivity index (χ2n) is 4.03. The molecule has 17 heavy (non-hydrogen) atoms. The highest BCUT2D eigenvalue weighted by Crippen LogP contribution is 1.99. The van der Waals surface area contributed by atoms with Crippen LogP contribution in [0.2, 0.25) is 0 Å². The fourth-order valence-corrected chi connectivity index (χ4v) is 0.970. The predicted molar refractivity (Wildman–Crippen MR) is 59.2 cm³/mol. The summed E-state index contributed by atoms with van der Waals surface area (Å²) in [7, 11) is 0. The number of hydrogen-bond donors (Lipinski definition) is 3. The number of rotatable bonds is 7. The lowest BCUT2D eigenvalue weighted by Gasteiger charge is -2.14. The van der Waals surface area contributed by atoms with Gasteiger partial charge < -0.3 is 20.9 Å². The van der Waals surface area contributed by atoms with Gasteiger partial charge in [0.05, 0.1) is 6.61 Å². The van der Waals surface area contributed by atoms with Crippen LogP contribution in [0.5, 0.6) is 0 Å². The Balaban J connectivity index is 4.11. The molecular formula is C10H18N2O5. The van der Waals surface area contributed by atoms with Crippen LogP contribution in [0, 0.1) is 5.92 Å². The zero-order valence-electron chi connectivity index (χ0n) is 9.93. The predicted octanol–water partition coefficient (Wildman–Crippen LogP) is 0.0873. The molecule has 0 aromatic heterocycles. The first-order valence-electron chi connectivity index (χ1n) is 5.27. The molecule has 0 fully saturated rings. The highest BCUT2D eigenvalue weighted by Gasteiger charge is 2.21. The minimum Gasteiger partial charge on any atom is -0.480 e. The average Bonchev–Trinajstić information content (AvgIpc) is 2.20. The van der Waals surface area contributed by atoms with Crippen molar-refractivity contribution in [3.05, 3.63) is 0 Å². The first-order valence-corrected chi connectivity index (χ1v) is 5.27. The van der Waals surface area contributed by atoms with E-state index in [2.05, 4.69) is 5.32 Å². The van der Waals surface area contributed by atoms with Gasteiger partial charge in [-0.25, -0.2) is 9.59 Å². The van der Waals surface area contributed by atoms with Gasteiger partial charge in [0.25, 0.3) is 0 Å². The van der Waals surface area contributed by atoms with Crippen molar-refractivity contribution in [3.63, 3.8) is 0 Å². The summed E-state index contributed by atoms with van der Waals surface area (Å²) < 4.78 is 4.76. The van der Waals surface area contributed by atoms with Gasteiger partial charge in [0.2, 0.25) is 5.91 Å². The summed E-state index contributed by atoms with van der Waals surface area (Å²) in [4.78, 5) is 32.5. The Morgan fingerprint density at radius 3 is 2.35 bits per heavy atom. The van der Waals surface area contributed by atoms with Crippen molar-refractivity contribution in [1.82, 2.24) is 5.32 Å². The monoisotopic (exact) mass is 246 g/mol. The summed E-state index contributed by atoms with van der Waals surface area (Å²) in [6, 6.07) is -1.16. The molecule has 0 aromatic rings. The Labute approximate surface area is 99.3 Å². The van der Waals surface area contributed by atoms with Gasteiger partial charge in [0.1, 0.15) is 6.04 Å². The van der Waals surface area contributed by atoms with Crippen molar-refractivity contribution in [2.45, 2.75) is 32.7 Å². The molecule has 0 spiro atoms. The third-order valence-corrected chi connectivity index (χ3v) is 1.82. The van der Waals surface area contributed by atoms with Crippen LogP contribution in [0.3, 0.4) is 0 Å². The molecule has 1 unspecified atom stereocenters. The molecule has 0 aliphatic heterocycles. The van der Waals surface area contributed by atoms with E-state index in [1.807, 2.05) is 13.8 Å². The zero-order valence-corrected chi connectivity index (χ0v) is 9.93. The van der Waals surface area contributed by atoms with Gasteiger partial charge in [-0.3, -0.25) is 4.79 Å². The molecule has 0 heterocycles. The lowest BCUT2D eigenvalue weighted by molar-refractivity contribution is -0.139. The Hall–Kier alpha value is -1.79. The normalized spacial score (nSPS) is 11.9. The number of nitrogens with two attached hydrogens (primary N) is 1. The second-order valence-corrected chi connectivity index (χ2v) is 4.03. The highest BCUT2D eigenvalue weighted by molar-refractivity contribution is 5.81.